The lowest BCUT2D eigenvalue weighted by Crippen LogP contribution is -2.41. The molecule has 0 atom stereocenters. The maximum Gasteiger partial charge on any atom is 0.255 e. The second kappa shape index (κ2) is 8.48. The standard InChI is InChI=1S/C19H22N4O4/c1-13(24)22-15-4-6-18(21-12-15)27-16-7-9-23(10-8-16)19(25)14-3-5-17(26-2)20-11-14/h3-6,11-12,16H,7-10H2,1-2H3,(H,22,24). The van der Waals surface area contributed by atoms with Gasteiger partial charge in [0.05, 0.1) is 24.6 Å². The Morgan fingerprint density at radius 1 is 1.07 bits per heavy atom. The molecule has 1 saturated heterocycles. The normalized spacial score (nSPS) is 14.5. The Bertz CT molecular complexity index is 784. The second-order valence-corrected chi connectivity index (χ2v) is 6.26. The van der Waals surface area contributed by atoms with Gasteiger partial charge >= 0.3 is 0 Å². The number of carbonyl (C=O) groups excluding carboxylic acids is 2. The molecule has 3 heterocycles. The van der Waals surface area contributed by atoms with Crippen molar-refractivity contribution >= 4 is 17.5 Å². The van der Waals surface area contributed by atoms with Crippen molar-refractivity contribution in [2.75, 3.05) is 25.5 Å². The monoisotopic (exact) mass is 370 g/mol. The third-order valence-corrected chi connectivity index (χ3v) is 4.27. The van der Waals surface area contributed by atoms with Gasteiger partial charge in [0.25, 0.3) is 5.91 Å². The lowest BCUT2D eigenvalue weighted by atomic mass is 10.1. The Labute approximate surface area is 157 Å². The number of pyridine rings is 2. The van der Waals surface area contributed by atoms with Gasteiger partial charge in [-0.3, -0.25) is 9.59 Å². The quantitative estimate of drug-likeness (QED) is 0.867. The summed E-state index contributed by atoms with van der Waals surface area (Å²) < 4.78 is 10.9. The highest BCUT2D eigenvalue weighted by Gasteiger charge is 2.25. The molecule has 0 bridgehead atoms. The number of nitrogens with one attached hydrogen (secondary N) is 1. The van der Waals surface area contributed by atoms with Crippen LogP contribution in [0.25, 0.3) is 0 Å². The Hall–Kier alpha value is -3.16. The first-order chi connectivity index (χ1) is 13.0. The van der Waals surface area contributed by atoms with Crippen molar-refractivity contribution < 1.29 is 19.1 Å². The molecule has 2 amide bonds. The number of likely N-dealkylation sites (tertiary alicyclic amines) is 1. The molecule has 1 aliphatic rings. The van der Waals surface area contributed by atoms with E-state index >= 15 is 0 Å². The van der Waals surface area contributed by atoms with Gasteiger partial charge in [0, 0.05) is 51.2 Å². The summed E-state index contributed by atoms with van der Waals surface area (Å²) in [5, 5.41) is 2.66. The lowest BCUT2D eigenvalue weighted by molar-refractivity contribution is -0.114. The molecule has 1 fully saturated rings. The van der Waals surface area contributed by atoms with Crippen molar-refractivity contribution in [3.8, 4) is 11.8 Å². The fourth-order valence-electron chi connectivity index (χ4n) is 2.88. The van der Waals surface area contributed by atoms with Gasteiger partial charge in [-0.1, -0.05) is 0 Å². The maximum atomic E-state index is 12.5. The van der Waals surface area contributed by atoms with Crippen molar-refractivity contribution in [2.24, 2.45) is 0 Å². The molecule has 2 aromatic rings. The molecule has 142 valence electrons. The van der Waals surface area contributed by atoms with Gasteiger partial charge in [-0.25, -0.2) is 9.97 Å². The van der Waals surface area contributed by atoms with Crippen LogP contribution in [0.3, 0.4) is 0 Å². The van der Waals surface area contributed by atoms with Gasteiger partial charge in [0.15, 0.2) is 0 Å². The van der Waals surface area contributed by atoms with Gasteiger partial charge in [-0.05, 0) is 12.1 Å². The van der Waals surface area contributed by atoms with Crippen molar-refractivity contribution in [1.29, 1.82) is 0 Å². The first kappa shape index (κ1) is 18.6. The minimum Gasteiger partial charge on any atom is -0.481 e. The Morgan fingerprint density at radius 3 is 2.33 bits per heavy atom. The average Bonchev–Trinajstić information content (AvgIpc) is 2.69. The molecule has 0 saturated carbocycles. The van der Waals surface area contributed by atoms with Crippen LogP contribution < -0.4 is 14.8 Å². The molecule has 0 spiro atoms. The molecular formula is C19H22N4O4. The van der Waals surface area contributed by atoms with Crippen LogP contribution in [0.1, 0.15) is 30.1 Å². The smallest absolute Gasteiger partial charge is 0.255 e. The van der Waals surface area contributed by atoms with Crippen LogP contribution in [-0.2, 0) is 4.79 Å². The molecule has 8 heteroatoms. The highest BCUT2D eigenvalue weighted by atomic mass is 16.5. The van der Waals surface area contributed by atoms with Crippen LogP contribution in [0.5, 0.6) is 11.8 Å². The summed E-state index contributed by atoms with van der Waals surface area (Å²) in [7, 11) is 1.54. The topological polar surface area (TPSA) is 93.7 Å². The second-order valence-electron chi connectivity index (χ2n) is 6.26. The molecular weight excluding hydrogens is 348 g/mol. The van der Waals surface area contributed by atoms with Gasteiger partial charge in [0.1, 0.15) is 6.10 Å². The highest BCUT2D eigenvalue weighted by Crippen LogP contribution is 2.20. The van der Waals surface area contributed by atoms with E-state index in [0.29, 0.717) is 36.1 Å². The third kappa shape index (κ3) is 4.93. The zero-order valence-electron chi connectivity index (χ0n) is 15.3. The average molecular weight is 370 g/mol. The van der Waals surface area contributed by atoms with Crippen LogP contribution in [0.15, 0.2) is 36.7 Å². The van der Waals surface area contributed by atoms with Crippen LogP contribution in [0, 0.1) is 0 Å². The molecule has 8 nitrogen and oxygen atoms in total. The summed E-state index contributed by atoms with van der Waals surface area (Å²) in [5.74, 6) is 0.805. The zero-order chi connectivity index (χ0) is 19.2. The summed E-state index contributed by atoms with van der Waals surface area (Å²) in [6, 6.07) is 6.88. The van der Waals surface area contributed by atoms with E-state index in [1.807, 2.05) is 0 Å². The van der Waals surface area contributed by atoms with Crippen molar-refractivity contribution in [3.05, 3.63) is 42.2 Å². The highest BCUT2D eigenvalue weighted by molar-refractivity contribution is 5.94. The number of hydrogen-bond donors (Lipinski definition) is 1. The first-order valence-electron chi connectivity index (χ1n) is 8.75. The number of aromatic nitrogens is 2. The van der Waals surface area contributed by atoms with E-state index < -0.39 is 0 Å². The maximum absolute atomic E-state index is 12.5. The molecule has 0 unspecified atom stereocenters. The lowest BCUT2D eigenvalue weighted by Gasteiger charge is -2.32. The molecule has 1 aliphatic heterocycles. The predicted molar refractivity (Wildman–Crippen MR) is 98.9 cm³/mol. The fourth-order valence-corrected chi connectivity index (χ4v) is 2.88. The van der Waals surface area contributed by atoms with Crippen molar-refractivity contribution in [3.63, 3.8) is 0 Å². The Balaban J connectivity index is 1.50. The van der Waals surface area contributed by atoms with Crippen molar-refractivity contribution in [2.45, 2.75) is 25.9 Å². The molecule has 3 rings (SSSR count). The van der Waals surface area contributed by atoms with Crippen LogP contribution in [-0.4, -0.2) is 53.0 Å². The number of hydrogen-bond acceptors (Lipinski definition) is 6. The number of rotatable bonds is 5. The number of ether oxygens (including phenoxy) is 2. The van der Waals surface area contributed by atoms with E-state index in [2.05, 4.69) is 15.3 Å². The van der Waals surface area contributed by atoms with E-state index in [9.17, 15) is 9.59 Å². The summed E-state index contributed by atoms with van der Waals surface area (Å²) in [6.07, 6.45) is 4.55. The summed E-state index contributed by atoms with van der Waals surface area (Å²) in [6.45, 7) is 2.67. The van der Waals surface area contributed by atoms with E-state index in [0.717, 1.165) is 12.8 Å². The number of methoxy groups -OCH3 is 1. The molecule has 1 N–H and O–H groups in total. The SMILES string of the molecule is COc1ccc(C(=O)N2CCC(Oc3ccc(NC(C)=O)cn3)CC2)cn1. The van der Waals surface area contributed by atoms with Crippen LogP contribution in [0.2, 0.25) is 0 Å². The Morgan fingerprint density at radius 2 is 1.78 bits per heavy atom. The summed E-state index contributed by atoms with van der Waals surface area (Å²) in [5.41, 5.74) is 1.17. The summed E-state index contributed by atoms with van der Waals surface area (Å²) >= 11 is 0. The van der Waals surface area contributed by atoms with Gasteiger partial charge in [0.2, 0.25) is 17.7 Å². The molecule has 27 heavy (non-hydrogen) atoms. The zero-order valence-corrected chi connectivity index (χ0v) is 15.3. The molecule has 0 aromatic carbocycles. The van der Waals surface area contributed by atoms with E-state index in [-0.39, 0.29) is 17.9 Å². The summed E-state index contributed by atoms with van der Waals surface area (Å²) in [4.78, 5) is 33.7. The number of nitrogens with zero attached hydrogens (tertiary/aromatic N) is 3. The minimum atomic E-state index is -0.144. The first-order valence-corrected chi connectivity index (χ1v) is 8.75. The number of amides is 2. The van der Waals surface area contributed by atoms with Crippen LogP contribution in [0.4, 0.5) is 5.69 Å². The Kier molecular flexibility index (Phi) is 5.85. The minimum absolute atomic E-state index is 0.00200. The predicted octanol–water partition coefficient (Wildman–Crippen LogP) is 2.13. The van der Waals surface area contributed by atoms with E-state index in [1.165, 1.54) is 20.2 Å². The fraction of sp³-hybridized carbons (Fsp3) is 0.368. The largest absolute Gasteiger partial charge is 0.481 e. The van der Waals surface area contributed by atoms with Gasteiger partial charge in [-0.15, -0.1) is 0 Å². The van der Waals surface area contributed by atoms with Crippen LogP contribution >= 0.6 is 0 Å². The number of piperidine rings is 1. The molecule has 0 radical (unpaired) electrons. The third-order valence-electron chi connectivity index (χ3n) is 4.27. The van der Waals surface area contributed by atoms with E-state index in [4.69, 9.17) is 9.47 Å². The van der Waals surface area contributed by atoms with E-state index in [1.54, 1.807) is 35.4 Å². The molecule has 0 aliphatic carbocycles. The number of anilines is 1. The van der Waals surface area contributed by atoms with Gasteiger partial charge in [-0.2, -0.15) is 0 Å². The van der Waals surface area contributed by atoms with Gasteiger partial charge < -0.3 is 19.7 Å². The molecule has 2 aromatic heterocycles. The van der Waals surface area contributed by atoms with Crippen molar-refractivity contribution in [1.82, 2.24) is 14.9 Å². The number of carbonyl (C=O) groups is 2.